The summed E-state index contributed by atoms with van der Waals surface area (Å²) in [5.41, 5.74) is 3.81. The van der Waals surface area contributed by atoms with Crippen molar-refractivity contribution in [3.8, 4) is 17.2 Å². The predicted octanol–water partition coefficient (Wildman–Crippen LogP) is 3.93. The maximum absolute atomic E-state index is 11.9. The molecule has 1 amide bonds. The zero-order valence-corrected chi connectivity index (χ0v) is 16.0. The van der Waals surface area contributed by atoms with Gasteiger partial charge in [0.25, 0.3) is 5.91 Å². The summed E-state index contributed by atoms with van der Waals surface area (Å²) in [6.45, 7) is 1.53. The molecule has 0 spiro atoms. The Morgan fingerprint density at radius 3 is 2.38 bits per heavy atom. The van der Waals surface area contributed by atoms with Crippen molar-refractivity contribution in [2.24, 2.45) is 5.10 Å². The third-order valence-electron chi connectivity index (χ3n) is 3.40. The first kappa shape index (κ1) is 19.9. The van der Waals surface area contributed by atoms with E-state index < -0.39 is 5.91 Å². The molecule has 0 radical (unpaired) electrons. The molecule has 0 fully saturated rings. The van der Waals surface area contributed by atoms with Gasteiger partial charge in [0.05, 0.1) is 25.0 Å². The second-order valence-electron chi connectivity index (χ2n) is 5.17. The number of nitrogens with one attached hydrogen (secondary N) is 1. The number of carbonyl (C=O) groups is 1. The molecule has 2 rings (SSSR count). The lowest BCUT2D eigenvalue weighted by molar-refractivity contribution is -0.123. The maximum Gasteiger partial charge on any atom is 0.277 e. The summed E-state index contributed by atoms with van der Waals surface area (Å²) in [7, 11) is 3.11. The minimum atomic E-state index is -0.421. The third-order valence-corrected chi connectivity index (χ3v) is 3.93. The predicted molar refractivity (Wildman–Crippen MR) is 102 cm³/mol. The molecule has 0 unspecified atom stereocenters. The van der Waals surface area contributed by atoms with Crippen molar-refractivity contribution in [2.75, 3.05) is 20.8 Å². The number of benzene rings is 2. The summed E-state index contributed by atoms with van der Waals surface area (Å²) in [5, 5.41) is 4.88. The van der Waals surface area contributed by atoms with E-state index in [-0.39, 0.29) is 6.61 Å². The van der Waals surface area contributed by atoms with E-state index in [1.165, 1.54) is 6.07 Å². The molecule has 138 valence electrons. The van der Waals surface area contributed by atoms with Crippen LogP contribution in [0.5, 0.6) is 17.2 Å². The van der Waals surface area contributed by atoms with Gasteiger partial charge in [-0.25, -0.2) is 5.43 Å². The molecule has 0 aliphatic carbocycles. The highest BCUT2D eigenvalue weighted by Crippen LogP contribution is 2.28. The van der Waals surface area contributed by atoms with E-state index in [1.807, 2.05) is 6.07 Å². The molecule has 8 heteroatoms. The summed E-state index contributed by atoms with van der Waals surface area (Å²) in [4.78, 5) is 11.9. The van der Waals surface area contributed by atoms with E-state index in [1.54, 1.807) is 45.4 Å². The van der Waals surface area contributed by atoms with Crippen molar-refractivity contribution in [1.29, 1.82) is 0 Å². The molecule has 0 bridgehead atoms. The summed E-state index contributed by atoms with van der Waals surface area (Å²) in [6.07, 6.45) is 0. The molecule has 0 aromatic heterocycles. The zero-order valence-electron chi connectivity index (χ0n) is 14.5. The second kappa shape index (κ2) is 9.31. The molecule has 2 aromatic rings. The highest BCUT2D eigenvalue weighted by molar-refractivity contribution is 6.35. The zero-order chi connectivity index (χ0) is 19.1. The standard InChI is InChI=1S/C18H18Cl2N2O4/c1-11(12-4-6-16(24-2)17(8-12)25-3)21-22-18(23)10-26-15-7-5-13(19)9-14(15)20/h4-9H,10H2,1-3H3,(H,22,23)/b21-11-. The van der Waals surface area contributed by atoms with Crippen LogP contribution in [0.3, 0.4) is 0 Å². The van der Waals surface area contributed by atoms with Crippen molar-refractivity contribution in [3.63, 3.8) is 0 Å². The lowest BCUT2D eigenvalue weighted by Gasteiger charge is -2.10. The second-order valence-corrected chi connectivity index (χ2v) is 6.01. The highest BCUT2D eigenvalue weighted by Gasteiger charge is 2.08. The summed E-state index contributed by atoms with van der Waals surface area (Å²) in [5.74, 6) is 1.13. The van der Waals surface area contributed by atoms with Crippen LogP contribution in [0.4, 0.5) is 0 Å². The highest BCUT2D eigenvalue weighted by atomic mass is 35.5. The molecular weight excluding hydrogens is 379 g/mol. The number of amides is 1. The molecule has 6 nitrogen and oxygen atoms in total. The topological polar surface area (TPSA) is 69.2 Å². The molecule has 2 aromatic carbocycles. The Kier molecular flexibility index (Phi) is 7.12. The Balaban J connectivity index is 1.96. The number of carbonyl (C=O) groups excluding carboxylic acids is 1. The monoisotopic (exact) mass is 396 g/mol. The number of halogens is 2. The van der Waals surface area contributed by atoms with Crippen LogP contribution in [-0.2, 0) is 4.79 Å². The van der Waals surface area contributed by atoms with Gasteiger partial charge >= 0.3 is 0 Å². The average Bonchev–Trinajstić information content (AvgIpc) is 2.64. The Hall–Kier alpha value is -2.44. The largest absolute Gasteiger partial charge is 0.493 e. The van der Waals surface area contributed by atoms with E-state index in [0.717, 1.165) is 5.56 Å². The summed E-state index contributed by atoms with van der Waals surface area (Å²) in [6, 6.07) is 10.1. The van der Waals surface area contributed by atoms with Crippen LogP contribution in [0.25, 0.3) is 0 Å². The van der Waals surface area contributed by atoms with Crippen LogP contribution in [0, 0.1) is 0 Å². The molecule has 0 atom stereocenters. The number of rotatable bonds is 7. The Morgan fingerprint density at radius 1 is 1.04 bits per heavy atom. The van der Waals surface area contributed by atoms with Crippen LogP contribution in [-0.4, -0.2) is 32.4 Å². The van der Waals surface area contributed by atoms with E-state index in [0.29, 0.717) is 33.0 Å². The van der Waals surface area contributed by atoms with Gasteiger partial charge in [0, 0.05) is 10.6 Å². The van der Waals surface area contributed by atoms with Gasteiger partial charge in [0.2, 0.25) is 0 Å². The summed E-state index contributed by atoms with van der Waals surface area (Å²) >= 11 is 11.8. The van der Waals surface area contributed by atoms with Crippen LogP contribution in [0.15, 0.2) is 41.5 Å². The van der Waals surface area contributed by atoms with Gasteiger partial charge in [-0.1, -0.05) is 23.2 Å². The van der Waals surface area contributed by atoms with Crippen molar-refractivity contribution in [1.82, 2.24) is 5.43 Å². The van der Waals surface area contributed by atoms with Gasteiger partial charge in [0.1, 0.15) is 5.75 Å². The fraction of sp³-hybridized carbons (Fsp3) is 0.222. The van der Waals surface area contributed by atoms with Crippen LogP contribution in [0.2, 0.25) is 10.0 Å². The van der Waals surface area contributed by atoms with Gasteiger partial charge in [-0.3, -0.25) is 4.79 Å². The molecule has 0 aliphatic rings. The molecule has 0 aliphatic heterocycles. The van der Waals surface area contributed by atoms with E-state index in [2.05, 4.69) is 10.5 Å². The molecule has 26 heavy (non-hydrogen) atoms. The molecule has 0 saturated heterocycles. The maximum atomic E-state index is 11.9. The van der Waals surface area contributed by atoms with Crippen LogP contribution in [0.1, 0.15) is 12.5 Å². The fourth-order valence-electron chi connectivity index (χ4n) is 2.04. The number of ether oxygens (including phenoxy) is 3. The number of methoxy groups -OCH3 is 2. The first-order chi connectivity index (χ1) is 12.4. The van der Waals surface area contributed by atoms with Crippen molar-refractivity contribution in [3.05, 3.63) is 52.0 Å². The SMILES string of the molecule is COc1ccc(/C(C)=N\NC(=O)COc2ccc(Cl)cc2Cl)cc1OC. The van der Waals surface area contributed by atoms with Crippen molar-refractivity contribution < 1.29 is 19.0 Å². The first-order valence-corrected chi connectivity index (χ1v) is 8.33. The first-order valence-electron chi connectivity index (χ1n) is 7.58. The number of hydrazone groups is 1. The number of hydrogen-bond acceptors (Lipinski definition) is 5. The smallest absolute Gasteiger partial charge is 0.277 e. The molecular formula is C18H18Cl2N2O4. The number of nitrogens with zero attached hydrogens (tertiary/aromatic N) is 1. The van der Waals surface area contributed by atoms with Crippen molar-refractivity contribution >= 4 is 34.8 Å². The lowest BCUT2D eigenvalue weighted by atomic mass is 10.1. The van der Waals surface area contributed by atoms with E-state index >= 15 is 0 Å². The minimum Gasteiger partial charge on any atom is -0.493 e. The van der Waals surface area contributed by atoms with Gasteiger partial charge in [0.15, 0.2) is 18.1 Å². The van der Waals surface area contributed by atoms with E-state index in [4.69, 9.17) is 37.4 Å². The number of hydrogen-bond donors (Lipinski definition) is 1. The minimum absolute atomic E-state index is 0.232. The molecule has 1 N–H and O–H groups in total. The fourth-order valence-corrected chi connectivity index (χ4v) is 2.50. The Bertz CT molecular complexity index is 825. The average molecular weight is 397 g/mol. The van der Waals surface area contributed by atoms with E-state index in [9.17, 15) is 4.79 Å². The quantitative estimate of drug-likeness (QED) is 0.568. The van der Waals surface area contributed by atoms with Gasteiger partial charge in [-0.05, 0) is 43.3 Å². The van der Waals surface area contributed by atoms with Gasteiger partial charge in [-0.15, -0.1) is 0 Å². The van der Waals surface area contributed by atoms with Crippen molar-refractivity contribution in [2.45, 2.75) is 6.92 Å². The lowest BCUT2D eigenvalue weighted by Crippen LogP contribution is -2.25. The third kappa shape index (κ3) is 5.28. The van der Waals surface area contributed by atoms with Crippen LogP contribution >= 0.6 is 23.2 Å². The normalized spacial score (nSPS) is 11.0. The Morgan fingerprint density at radius 2 is 1.73 bits per heavy atom. The molecule has 0 heterocycles. The summed E-state index contributed by atoms with van der Waals surface area (Å²) < 4.78 is 15.8. The Labute approximate surface area is 161 Å². The van der Waals surface area contributed by atoms with Crippen LogP contribution < -0.4 is 19.6 Å². The van der Waals surface area contributed by atoms with Gasteiger partial charge < -0.3 is 14.2 Å². The van der Waals surface area contributed by atoms with Gasteiger partial charge in [-0.2, -0.15) is 5.10 Å². The molecule has 0 saturated carbocycles.